The maximum Gasteiger partial charge on any atom is 0.133 e. The fourth-order valence-corrected chi connectivity index (χ4v) is 4.11. The Morgan fingerprint density at radius 3 is 3.00 bits per heavy atom. The van der Waals surface area contributed by atoms with E-state index in [2.05, 4.69) is 57.8 Å². The summed E-state index contributed by atoms with van der Waals surface area (Å²) in [5.74, 6) is 2.36. The smallest absolute Gasteiger partial charge is 0.133 e. The van der Waals surface area contributed by atoms with Gasteiger partial charge in [0.1, 0.15) is 5.82 Å². The molecule has 3 nitrogen and oxygen atoms in total. The molecular formula is C15H22BrN3S. The van der Waals surface area contributed by atoms with Gasteiger partial charge >= 0.3 is 0 Å². The minimum atomic E-state index is 0.544. The fraction of sp³-hybridized carbons (Fsp3) is 0.667. The molecule has 2 fully saturated rings. The van der Waals surface area contributed by atoms with Crippen LogP contribution >= 0.6 is 27.7 Å². The van der Waals surface area contributed by atoms with E-state index >= 15 is 0 Å². The lowest BCUT2D eigenvalue weighted by Gasteiger charge is -2.39. The van der Waals surface area contributed by atoms with Crippen molar-refractivity contribution in [3.05, 3.63) is 22.3 Å². The van der Waals surface area contributed by atoms with Crippen molar-refractivity contribution in [2.45, 2.75) is 50.6 Å². The van der Waals surface area contributed by atoms with Crippen molar-refractivity contribution < 1.29 is 0 Å². The Bertz CT molecular complexity index is 478. The van der Waals surface area contributed by atoms with Crippen LogP contribution in [0.15, 0.2) is 16.7 Å². The number of rotatable bonds is 4. The molecule has 0 amide bonds. The fourth-order valence-electron chi connectivity index (χ4n) is 2.64. The Labute approximate surface area is 134 Å². The molecule has 2 aliphatic rings. The van der Waals surface area contributed by atoms with Gasteiger partial charge < -0.3 is 10.2 Å². The highest BCUT2D eigenvalue weighted by atomic mass is 79.9. The van der Waals surface area contributed by atoms with Crippen LogP contribution in [-0.4, -0.2) is 34.6 Å². The highest BCUT2D eigenvalue weighted by molar-refractivity contribution is 9.10. The number of nitrogens with one attached hydrogen (secondary N) is 1. The Hall–Kier alpha value is -0.260. The molecule has 0 aromatic carbocycles. The third-order valence-electron chi connectivity index (χ3n) is 4.22. The molecule has 1 N–H and O–H groups in total. The largest absolute Gasteiger partial charge is 0.352 e. The molecule has 1 saturated carbocycles. The van der Waals surface area contributed by atoms with Crippen LogP contribution in [0.1, 0.15) is 32.3 Å². The van der Waals surface area contributed by atoms with Crippen molar-refractivity contribution in [1.82, 2.24) is 10.3 Å². The first-order chi connectivity index (χ1) is 9.65. The van der Waals surface area contributed by atoms with Crippen LogP contribution in [0.5, 0.6) is 0 Å². The first kappa shape index (κ1) is 14.7. The molecule has 1 aliphatic heterocycles. The minimum absolute atomic E-state index is 0.544. The Balaban J connectivity index is 1.82. The van der Waals surface area contributed by atoms with Crippen LogP contribution in [0, 0.1) is 0 Å². The van der Waals surface area contributed by atoms with Gasteiger partial charge in [0.2, 0.25) is 0 Å². The highest BCUT2D eigenvalue weighted by Crippen LogP contribution is 2.31. The van der Waals surface area contributed by atoms with Crippen LogP contribution in [0.25, 0.3) is 0 Å². The van der Waals surface area contributed by atoms with Gasteiger partial charge in [0.25, 0.3) is 0 Å². The summed E-state index contributed by atoms with van der Waals surface area (Å²) in [7, 11) is 0. The first-order valence-corrected chi connectivity index (χ1v) is 9.25. The summed E-state index contributed by atoms with van der Waals surface area (Å²) in [6.45, 7) is 6.67. The van der Waals surface area contributed by atoms with E-state index in [0.29, 0.717) is 11.3 Å². The van der Waals surface area contributed by atoms with Gasteiger partial charge in [-0.2, -0.15) is 11.8 Å². The zero-order chi connectivity index (χ0) is 14.1. The second kappa shape index (κ2) is 6.24. The number of thioether (sulfide) groups is 1. The van der Waals surface area contributed by atoms with Crippen molar-refractivity contribution in [2.24, 2.45) is 0 Å². The Morgan fingerprint density at radius 1 is 1.45 bits per heavy atom. The molecule has 5 heteroatoms. The number of hydrogen-bond acceptors (Lipinski definition) is 4. The SMILES string of the molecule is CC1SCCN(c2ncc(Br)cc2CNC2CC2)C1C. The third-order valence-corrected chi connectivity index (χ3v) is 6.00. The molecular weight excluding hydrogens is 334 g/mol. The third kappa shape index (κ3) is 3.31. The lowest BCUT2D eigenvalue weighted by molar-refractivity contribution is 0.610. The number of anilines is 1. The molecule has 0 radical (unpaired) electrons. The van der Waals surface area contributed by atoms with Gasteiger partial charge in [0.15, 0.2) is 0 Å². The quantitative estimate of drug-likeness (QED) is 0.895. The summed E-state index contributed by atoms with van der Waals surface area (Å²) in [5.41, 5.74) is 1.32. The Kier molecular flexibility index (Phi) is 4.58. The van der Waals surface area contributed by atoms with Gasteiger partial charge in [-0.3, -0.25) is 0 Å². The topological polar surface area (TPSA) is 28.2 Å². The van der Waals surface area contributed by atoms with E-state index in [4.69, 9.17) is 4.98 Å². The lowest BCUT2D eigenvalue weighted by atomic mass is 10.1. The molecule has 20 heavy (non-hydrogen) atoms. The van der Waals surface area contributed by atoms with E-state index in [-0.39, 0.29) is 0 Å². The molecule has 2 atom stereocenters. The predicted octanol–water partition coefficient (Wildman–Crippen LogP) is 3.43. The molecule has 1 saturated heterocycles. The summed E-state index contributed by atoms with van der Waals surface area (Å²) in [6, 6.07) is 3.49. The van der Waals surface area contributed by atoms with E-state index in [1.165, 1.54) is 30.0 Å². The van der Waals surface area contributed by atoms with E-state index in [1.807, 2.05) is 6.20 Å². The zero-order valence-corrected chi connectivity index (χ0v) is 14.5. The van der Waals surface area contributed by atoms with Crippen molar-refractivity contribution >= 4 is 33.5 Å². The molecule has 1 aromatic rings. The molecule has 0 bridgehead atoms. The number of pyridine rings is 1. The van der Waals surface area contributed by atoms with E-state index in [0.717, 1.165) is 23.6 Å². The summed E-state index contributed by atoms with van der Waals surface area (Å²) >= 11 is 5.62. The molecule has 2 unspecified atom stereocenters. The molecule has 1 aromatic heterocycles. The second-order valence-electron chi connectivity index (χ2n) is 5.80. The first-order valence-electron chi connectivity index (χ1n) is 7.41. The average Bonchev–Trinajstić information content (AvgIpc) is 3.24. The Morgan fingerprint density at radius 2 is 2.25 bits per heavy atom. The van der Waals surface area contributed by atoms with Crippen LogP contribution in [-0.2, 0) is 6.54 Å². The van der Waals surface area contributed by atoms with Crippen LogP contribution in [0.3, 0.4) is 0 Å². The van der Waals surface area contributed by atoms with Gasteiger partial charge in [-0.15, -0.1) is 0 Å². The number of halogens is 1. The molecule has 0 spiro atoms. The average molecular weight is 356 g/mol. The van der Waals surface area contributed by atoms with Crippen molar-refractivity contribution in [3.63, 3.8) is 0 Å². The van der Waals surface area contributed by atoms with E-state index in [9.17, 15) is 0 Å². The summed E-state index contributed by atoms with van der Waals surface area (Å²) in [5, 5.41) is 4.28. The number of hydrogen-bond donors (Lipinski definition) is 1. The maximum absolute atomic E-state index is 4.71. The summed E-state index contributed by atoms with van der Waals surface area (Å²) in [4.78, 5) is 7.20. The highest BCUT2D eigenvalue weighted by Gasteiger charge is 2.28. The van der Waals surface area contributed by atoms with Crippen LogP contribution in [0.2, 0.25) is 0 Å². The monoisotopic (exact) mass is 355 g/mol. The molecule has 3 rings (SSSR count). The summed E-state index contributed by atoms with van der Waals surface area (Å²) in [6.07, 6.45) is 4.57. The van der Waals surface area contributed by atoms with E-state index in [1.54, 1.807) is 0 Å². The predicted molar refractivity (Wildman–Crippen MR) is 90.5 cm³/mol. The van der Waals surface area contributed by atoms with Gasteiger partial charge in [0.05, 0.1) is 0 Å². The molecule has 2 heterocycles. The van der Waals surface area contributed by atoms with E-state index < -0.39 is 0 Å². The number of nitrogens with zero attached hydrogens (tertiary/aromatic N) is 2. The molecule has 110 valence electrons. The van der Waals surface area contributed by atoms with Gasteiger partial charge in [-0.1, -0.05) is 6.92 Å². The van der Waals surface area contributed by atoms with Crippen molar-refractivity contribution in [2.75, 3.05) is 17.2 Å². The lowest BCUT2D eigenvalue weighted by Crippen LogP contribution is -2.45. The summed E-state index contributed by atoms with van der Waals surface area (Å²) < 4.78 is 1.07. The van der Waals surface area contributed by atoms with Gasteiger partial charge in [-0.25, -0.2) is 4.98 Å². The van der Waals surface area contributed by atoms with Gasteiger partial charge in [0, 0.05) is 52.4 Å². The standard InChI is InChI=1S/C15H22BrN3S/c1-10-11(2)20-6-5-19(10)15-12(7-13(16)9-18-15)8-17-14-3-4-14/h7,9-11,14,17H,3-6,8H2,1-2H3. The van der Waals surface area contributed by atoms with Crippen molar-refractivity contribution in [3.8, 4) is 0 Å². The maximum atomic E-state index is 4.71. The van der Waals surface area contributed by atoms with Crippen molar-refractivity contribution in [1.29, 1.82) is 0 Å². The molecule has 1 aliphatic carbocycles. The van der Waals surface area contributed by atoms with Gasteiger partial charge in [-0.05, 0) is 41.8 Å². The number of aromatic nitrogens is 1. The second-order valence-corrected chi connectivity index (χ2v) is 8.20. The van der Waals surface area contributed by atoms with Crippen LogP contribution in [0.4, 0.5) is 5.82 Å². The van der Waals surface area contributed by atoms with Crippen LogP contribution < -0.4 is 10.2 Å². The normalized spacial score (nSPS) is 26.9. The minimum Gasteiger partial charge on any atom is -0.352 e. The zero-order valence-electron chi connectivity index (χ0n) is 12.1.